The molecule has 1 aromatic rings. The molecule has 2 nitrogen and oxygen atoms in total. The van der Waals surface area contributed by atoms with Crippen molar-refractivity contribution in [3.63, 3.8) is 0 Å². The van der Waals surface area contributed by atoms with E-state index in [1.54, 1.807) is 0 Å². The Balaban J connectivity index is 2.08. The maximum absolute atomic E-state index is 10.6. The Morgan fingerprint density at radius 2 is 2.05 bits per heavy atom. The lowest BCUT2D eigenvalue weighted by atomic mass is 9.99. The molecule has 2 rings (SSSR count). The number of β-amino-alcohol motifs (C(OH)–C–C–N with tert-alkyl or cyclic N) is 1. The van der Waals surface area contributed by atoms with Gasteiger partial charge in [0.25, 0.3) is 0 Å². The molecule has 112 valence electrons. The molecule has 2 unspecified atom stereocenters. The molecule has 20 heavy (non-hydrogen) atoms. The van der Waals surface area contributed by atoms with E-state index in [0.717, 1.165) is 18.7 Å². The summed E-state index contributed by atoms with van der Waals surface area (Å²) in [6.45, 7) is 8.38. The fraction of sp³-hybridized carbons (Fsp3) is 0.667. The number of aliphatic hydroxyl groups is 1. The first-order valence-corrected chi connectivity index (χ1v) is 8.11. The maximum Gasteiger partial charge on any atom is 0.0919 e. The molecule has 1 saturated heterocycles. The molecule has 0 radical (unpaired) electrons. The summed E-state index contributed by atoms with van der Waals surface area (Å²) in [6.07, 6.45) is 6.08. The Morgan fingerprint density at radius 3 is 2.80 bits per heavy atom. The van der Waals surface area contributed by atoms with Crippen LogP contribution in [0.3, 0.4) is 0 Å². The highest BCUT2D eigenvalue weighted by Gasteiger charge is 2.23. The van der Waals surface area contributed by atoms with Gasteiger partial charge in [0.05, 0.1) is 6.10 Å². The Labute approximate surface area is 123 Å². The molecule has 0 aromatic heterocycles. The van der Waals surface area contributed by atoms with Crippen molar-refractivity contribution in [2.24, 2.45) is 0 Å². The molecule has 0 bridgehead atoms. The Hall–Kier alpha value is -0.860. The van der Waals surface area contributed by atoms with Crippen molar-refractivity contribution in [2.75, 3.05) is 13.1 Å². The van der Waals surface area contributed by atoms with Crippen LogP contribution in [0.2, 0.25) is 0 Å². The summed E-state index contributed by atoms with van der Waals surface area (Å²) in [5.74, 6) is 0. The van der Waals surface area contributed by atoms with Gasteiger partial charge >= 0.3 is 0 Å². The second-order valence-electron chi connectivity index (χ2n) is 6.28. The van der Waals surface area contributed by atoms with E-state index < -0.39 is 0 Å². The van der Waals surface area contributed by atoms with Gasteiger partial charge in [-0.15, -0.1) is 0 Å². The van der Waals surface area contributed by atoms with E-state index in [1.807, 2.05) is 0 Å². The zero-order valence-corrected chi connectivity index (χ0v) is 13.2. The summed E-state index contributed by atoms with van der Waals surface area (Å²) in [5, 5.41) is 10.6. The van der Waals surface area contributed by atoms with Crippen molar-refractivity contribution < 1.29 is 5.11 Å². The van der Waals surface area contributed by atoms with Crippen LogP contribution in [0.1, 0.15) is 61.8 Å². The molecule has 1 N–H and O–H groups in total. The summed E-state index contributed by atoms with van der Waals surface area (Å²) >= 11 is 0. The van der Waals surface area contributed by atoms with Crippen LogP contribution in [0.15, 0.2) is 18.2 Å². The van der Waals surface area contributed by atoms with Crippen molar-refractivity contribution in [3.8, 4) is 0 Å². The molecule has 1 aromatic carbocycles. The third kappa shape index (κ3) is 3.83. The maximum atomic E-state index is 10.6. The number of hydrogen-bond donors (Lipinski definition) is 1. The first-order valence-electron chi connectivity index (χ1n) is 8.11. The van der Waals surface area contributed by atoms with Crippen LogP contribution in [0.4, 0.5) is 0 Å². The average molecular weight is 275 g/mol. The Morgan fingerprint density at radius 1 is 1.25 bits per heavy atom. The van der Waals surface area contributed by atoms with Crippen LogP contribution in [-0.2, 0) is 0 Å². The molecule has 0 aliphatic carbocycles. The molecule has 1 aliphatic rings. The third-order valence-electron chi connectivity index (χ3n) is 4.67. The number of hydrogen-bond acceptors (Lipinski definition) is 2. The number of aliphatic hydroxyl groups excluding tert-OH is 1. The largest absolute Gasteiger partial charge is 0.387 e. The van der Waals surface area contributed by atoms with E-state index in [9.17, 15) is 5.11 Å². The van der Waals surface area contributed by atoms with Gasteiger partial charge in [0.2, 0.25) is 0 Å². The highest BCUT2D eigenvalue weighted by molar-refractivity contribution is 5.32. The van der Waals surface area contributed by atoms with Gasteiger partial charge in [-0.1, -0.05) is 43.5 Å². The van der Waals surface area contributed by atoms with Gasteiger partial charge in [-0.3, -0.25) is 4.90 Å². The van der Waals surface area contributed by atoms with Crippen LogP contribution in [0, 0.1) is 13.8 Å². The summed E-state index contributed by atoms with van der Waals surface area (Å²) in [4.78, 5) is 2.51. The minimum absolute atomic E-state index is 0.359. The number of nitrogens with zero attached hydrogens (tertiary/aromatic N) is 1. The molecular formula is C18H29NO. The Bertz CT molecular complexity index is 429. The fourth-order valence-corrected chi connectivity index (χ4v) is 3.38. The second-order valence-corrected chi connectivity index (χ2v) is 6.28. The van der Waals surface area contributed by atoms with E-state index in [4.69, 9.17) is 0 Å². The predicted molar refractivity (Wildman–Crippen MR) is 85.0 cm³/mol. The summed E-state index contributed by atoms with van der Waals surface area (Å²) < 4.78 is 0. The minimum Gasteiger partial charge on any atom is -0.387 e. The number of benzene rings is 1. The average Bonchev–Trinajstić information content (AvgIpc) is 2.66. The summed E-state index contributed by atoms with van der Waals surface area (Å²) in [6, 6.07) is 7.02. The summed E-state index contributed by atoms with van der Waals surface area (Å²) in [5.41, 5.74) is 3.53. The second kappa shape index (κ2) is 7.24. The van der Waals surface area contributed by atoms with E-state index in [0.29, 0.717) is 6.04 Å². The topological polar surface area (TPSA) is 23.5 Å². The van der Waals surface area contributed by atoms with Gasteiger partial charge in [0, 0.05) is 12.6 Å². The monoisotopic (exact) mass is 275 g/mol. The van der Waals surface area contributed by atoms with Crippen molar-refractivity contribution >= 4 is 0 Å². The van der Waals surface area contributed by atoms with Gasteiger partial charge in [-0.25, -0.2) is 0 Å². The quantitative estimate of drug-likeness (QED) is 0.898. The zero-order valence-electron chi connectivity index (χ0n) is 13.2. The smallest absolute Gasteiger partial charge is 0.0919 e. The lowest BCUT2D eigenvalue weighted by molar-refractivity contribution is 0.0861. The molecule has 0 spiro atoms. The standard InChI is InChI=1S/C18H29NO/c1-4-16-8-6-5-7-11-19(16)13-18(20)17-12-14(2)9-10-15(17)3/h9-10,12,16,18,20H,4-8,11,13H2,1-3H3. The molecule has 0 amide bonds. The van der Waals surface area contributed by atoms with Gasteiger partial charge in [-0.2, -0.15) is 0 Å². The number of rotatable bonds is 4. The van der Waals surface area contributed by atoms with Crippen molar-refractivity contribution in [3.05, 3.63) is 34.9 Å². The van der Waals surface area contributed by atoms with E-state index in [-0.39, 0.29) is 6.10 Å². The fourth-order valence-electron chi connectivity index (χ4n) is 3.38. The Kier molecular flexibility index (Phi) is 5.62. The minimum atomic E-state index is -0.359. The first kappa shape index (κ1) is 15.5. The molecule has 0 saturated carbocycles. The number of likely N-dealkylation sites (tertiary alicyclic amines) is 1. The molecule has 2 heteroatoms. The highest BCUT2D eigenvalue weighted by Crippen LogP contribution is 2.25. The van der Waals surface area contributed by atoms with Gasteiger partial charge in [0.1, 0.15) is 0 Å². The SMILES string of the molecule is CCC1CCCCCN1CC(O)c1cc(C)ccc1C. The molecule has 1 heterocycles. The van der Waals surface area contributed by atoms with Gasteiger partial charge in [0.15, 0.2) is 0 Å². The van der Waals surface area contributed by atoms with Crippen LogP contribution in [-0.4, -0.2) is 29.1 Å². The van der Waals surface area contributed by atoms with Crippen molar-refractivity contribution in [1.82, 2.24) is 4.90 Å². The third-order valence-corrected chi connectivity index (χ3v) is 4.67. The molecule has 1 aliphatic heterocycles. The summed E-state index contributed by atoms with van der Waals surface area (Å²) in [7, 11) is 0. The van der Waals surface area contributed by atoms with Gasteiger partial charge in [-0.05, 0) is 50.8 Å². The van der Waals surface area contributed by atoms with E-state index in [1.165, 1.54) is 43.2 Å². The van der Waals surface area contributed by atoms with Crippen LogP contribution in [0.25, 0.3) is 0 Å². The first-order chi connectivity index (χ1) is 9.61. The zero-order chi connectivity index (χ0) is 14.5. The highest BCUT2D eigenvalue weighted by atomic mass is 16.3. The van der Waals surface area contributed by atoms with Crippen LogP contribution >= 0.6 is 0 Å². The molecule has 2 atom stereocenters. The molecular weight excluding hydrogens is 246 g/mol. The predicted octanol–water partition coefficient (Wildman–Crippen LogP) is 3.99. The van der Waals surface area contributed by atoms with Gasteiger partial charge < -0.3 is 5.11 Å². The molecule has 1 fully saturated rings. The van der Waals surface area contributed by atoms with E-state index in [2.05, 4.69) is 43.9 Å². The van der Waals surface area contributed by atoms with Crippen LogP contribution < -0.4 is 0 Å². The van der Waals surface area contributed by atoms with Crippen molar-refractivity contribution in [2.45, 2.75) is 65.0 Å². The number of aryl methyl sites for hydroxylation is 2. The van der Waals surface area contributed by atoms with Crippen molar-refractivity contribution in [1.29, 1.82) is 0 Å². The lowest BCUT2D eigenvalue weighted by Gasteiger charge is -2.31. The van der Waals surface area contributed by atoms with Crippen LogP contribution in [0.5, 0.6) is 0 Å². The van der Waals surface area contributed by atoms with E-state index >= 15 is 0 Å². The normalized spacial score (nSPS) is 22.5. The lowest BCUT2D eigenvalue weighted by Crippen LogP contribution is -2.37.